The highest BCUT2D eigenvalue weighted by Crippen LogP contribution is 2.25. The SMILES string of the molecule is Cc1cc(F)ccc1NC(=O)COc1cccc2ccccc12. The molecule has 0 saturated heterocycles. The minimum Gasteiger partial charge on any atom is -0.483 e. The Morgan fingerprint density at radius 2 is 1.87 bits per heavy atom. The van der Waals surface area contributed by atoms with Crippen LogP contribution >= 0.6 is 0 Å². The molecule has 0 bridgehead atoms. The fraction of sp³-hybridized carbons (Fsp3) is 0.105. The predicted octanol–water partition coefficient (Wildman–Crippen LogP) is 4.30. The van der Waals surface area contributed by atoms with Crippen molar-refractivity contribution in [3.63, 3.8) is 0 Å². The Balaban J connectivity index is 1.69. The van der Waals surface area contributed by atoms with Gasteiger partial charge in [-0.15, -0.1) is 0 Å². The molecule has 0 aliphatic rings. The highest BCUT2D eigenvalue weighted by atomic mass is 19.1. The van der Waals surface area contributed by atoms with Crippen molar-refractivity contribution in [2.75, 3.05) is 11.9 Å². The molecule has 0 saturated carbocycles. The molecule has 0 aliphatic heterocycles. The number of aryl methyl sites for hydroxylation is 1. The summed E-state index contributed by atoms with van der Waals surface area (Å²) in [5, 5.41) is 4.74. The van der Waals surface area contributed by atoms with Crippen LogP contribution in [0.3, 0.4) is 0 Å². The number of nitrogens with one attached hydrogen (secondary N) is 1. The molecule has 116 valence electrons. The lowest BCUT2D eigenvalue weighted by molar-refractivity contribution is -0.118. The van der Waals surface area contributed by atoms with Crippen molar-refractivity contribution in [2.45, 2.75) is 6.92 Å². The van der Waals surface area contributed by atoms with E-state index >= 15 is 0 Å². The largest absolute Gasteiger partial charge is 0.483 e. The fourth-order valence-corrected chi connectivity index (χ4v) is 2.42. The van der Waals surface area contributed by atoms with Crippen LogP contribution in [0.25, 0.3) is 10.8 Å². The van der Waals surface area contributed by atoms with E-state index in [9.17, 15) is 9.18 Å². The Morgan fingerprint density at radius 1 is 1.09 bits per heavy atom. The van der Waals surface area contributed by atoms with E-state index in [0.717, 1.165) is 10.8 Å². The van der Waals surface area contributed by atoms with Gasteiger partial charge in [-0.2, -0.15) is 0 Å². The number of benzene rings is 3. The van der Waals surface area contributed by atoms with Crippen molar-refractivity contribution in [1.29, 1.82) is 0 Å². The molecular weight excluding hydrogens is 293 g/mol. The summed E-state index contributed by atoms with van der Waals surface area (Å²) < 4.78 is 18.7. The number of hydrogen-bond acceptors (Lipinski definition) is 2. The lowest BCUT2D eigenvalue weighted by Gasteiger charge is -2.11. The van der Waals surface area contributed by atoms with Crippen molar-refractivity contribution < 1.29 is 13.9 Å². The van der Waals surface area contributed by atoms with E-state index in [0.29, 0.717) is 17.0 Å². The average Bonchev–Trinajstić information content (AvgIpc) is 2.55. The Labute approximate surface area is 133 Å². The molecule has 1 amide bonds. The van der Waals surface area contributed by atoms with Crippen LogP contribution in [-0.2, 0) is 4.79 Å². The smallest absolute Gasteiger partial charge is 0.262 e. The molecule has 23 heavy (non-hydrogen) atoms. The lowest BCUT2D eigenvalue weighted by atomic mass is 10.1. The van der Waals surface area contributed by atoms with Crippen LogP contribution < -0.4 is 10.1 Å². The topological polar surface area (TPSA) is 38.3 Å². The summed E-state index contributed by atoms with van der Waals surface area (Å²) in [6.45, 7) is 1.63. The fourth-order valence-electron chi connectivity index (χ4n) is 2.42. The molecule has 0 aromatic heterocycles. The third-order valence-electron chi connectivity index (χ3n) is 3.57. The van der Waals surface area contributed by atoms with Crippen molar-refractivity contribution in [2.24, 2.45) is 0 Å². The third-order valence-corrected chi connectivity index (χ3v) is 3.57. The minimum absolute atomic E-state index is 0.106. The van der Waals surface area contributed by atoms with Gasteiger partial charge in [-0.1, -0.05) is 36.4 Å². The number of hydrogen-bond donors (Lipinski definition) is 1. The first-order valence-corrected chi connectivity index (χ1v) is 7.30. The zero-order valence-corrected chi connectivity index (χ0v) is 12.7. The molecule has 3 nitrogen and oxygen atoms in total. The second-order valence-corrected chi connectivity index (χ2v) is 5.27. The number of halogens is 1. The van der Waals surface area contributed by atoms with Crippen molar-refractivity contribution in [3.8, 4) is 5.75 Å². The zero-order valence-electron chi connectivity index (χ0n) is 12.7. The summed E-state index contributed by atoms with van der Waals surface area (Å²) in [5.74, 6) is 0.0502. The number of fused-ring (bicyclic) bond motifs is 1. The Hall–Kier alpha value is -2.88. The third kappa shape index (κ3) is 3.48. The van der Waals surface area contributed by atoms with Crippen LogP contribution in [-0.4, -0.2) is 12.5 Å². The average molecular weight is 309 g/mol. The van der Waals surface area contributed by atoms with E-state index in [1.807, 2.05) is 42.5 Å². The van der Waals surface area contributed by atoms with Gasteiger partial charge in [0.25, 0.3) is 5.91 Å². The van der Waals surface area contributed by atoms with Gasteiger partial charge in [0, 0.05) is 11.1 Å². The maximum absolute atomic E-state index is 13.1. The summed E-state index contributed by atoms with van der Waals surface area (Å²) in [7, 11) is 0. The molecule has 3 aromatic rings. The molecular formula is C19H16FNO2. The van der Waals surface area contributed by atoms with E-state index in [2.05, 4.69) is 5.32 Å². The van der Waals surface area contributed by atoms with Gasteiger partial charge < -0.3 is 10.1 Å². The molecule has 3 rings (SSSR count). The van der Waals surface area contributed by atoms with E-state index in [4.69, 9.17) is 4.74 Å². The van der Waals surface area contributed by atoms with Gasteiger partial charge in [-0.25, -0.2) is 4.39 Å². The summed E-state index contributed by atoms with van der Waals surface area (Å²) in [4.78, 5) is 12.0. The van der Waals surface area contributed by atoms with Crippen LogP contribution in [0.15, 0.2) is 60.7 Å². The number of carbonyl (C=O) groups is 1. The summed E-state index contributed by atoms with van der Waals surface area (Å²) in [6.07, 6.45) is 0. The second kappa shape index (κ2) is 6.48. The first-order valence-electron chi connectivity index (χ1n) is 7.30. The van der Waals surface area contributed by atoms with Gasteiger partial charge in [-0.05, 0) is 42.1 Å². The van der Waals surface area contributed by atoms with Gasteiger partial charge >= 0.3 is 0 Å². The molecule has 0 aliphatic carbocycles. The number of rotatable bonds is 4. The van der Waals surface area contributed by atoms with Gasteiger partial charge in [0.15, 0.2) is 6.61 Å². The van der Waals surface area contributed by atoms with Crippen LogP contribution in [0.4, 0.5) is 10.1 Å². The molecule has 3 aromatic carbocycles. The normalized spacial score (nSPS) is 10.5. The van der Waals surface area contributed by atoms with Crippen molar-refractivity contribution >= 4 is 22.4 Å². The van der Waals surface area contributed by atoms with E-state index in [-0.39, 0.29) is 18.3 Å². The van der Waals surface area contributed by atoms with Gasteiger partial charge in [0.05, 0.1) is 0 Å². The molecule has 0 spiro atoms. The number of anilines is 1. The van der Waals surface area contributed by atoms with Gasteiger partial charge in [0.2, 0.25) is 0 Å². The quantitative estimate of drug-likeness (QED) is 0.780. The van der Waals surface area contributed by atoms with Crippen LogP contribution in [0.2, 0.25) is 0 Å². The molecule has 0 heterocycles. The molecule has 0 radical (unpaired) electrons. The van der Waals surface area contributed by atoms with E-state index in [1.165, 1.54) is 12.1 Å². The predicted molar refractivity (Wildman–Crippen MR) is 89.2 cm³/mol. The first kappa shape index (κ1) is 15.0. The van der Waals surface area contributed by atoms with Crippen LogP contribution in [0.1, 0.15) is 5.56 Å². The summed E-state index contributed by atoms with van der Waals surface area (Å²) in [6, 6.07) is 17.8. The number of carbonyl (C=O) groups excluding carboxylic acids is 1. The van der Waals surface area contributed by atoms with Gasteiger partial charge in [0.1, 0.15) is 11.6 Å². The Kier molecular flexibility index (Phi) is 4.24. The Bertz CT molecular complexity index is 856. The van der Waals surface area contributed by atoms with Gasteiger partial charge in [-0.3, -0.25) is 4.79 Å². The maximum Gasteiger partial charge on any atom is 0.262 e. The monoisotopic (exact) mass is 309 g/mol. The zero-order chi connectivity index (χ0) is 16.2. The maximum atomic E-state index is 13.1. The lowest BCUT2D eigenvalue weighted by Crippen LogP contribution is -2.20. The van der Waals surface area contributed by atoms with Crippen LogP contribution in [0.5, 0.6) is 5.75 Å². The van der Waals surface area contributed by atoms with Crippen LogP contribution in [0, 0.1) is 12.7 Å². The summed E-state index contributed by atoms with van der Waals surface area (Å²) >= 11 is 0. The van der Waals surface area contributed by atoms with Crippen molar-refractivity contribution in [1.82, 2.24) is 0 Å². The standard InChI is InChI=1S/C19H16FNO2/c1-13-11-15(20)9-10-17(13)21-19(22)12-23-18-8-4-6-14-5-2-3-7-16(14)18/h2-11H,12H2,1H3,(H,21,22). The summed E-state index contributed by atoms with van der Waals surface area (Å²) in [5.41, 5.74) is 1.25. The molecule has 0 atom stereocenters. The highest BCUT2D eigenvalue weighted by Gasteiger charge is 2.08. The Morgan fingerprint density at radius 3 is 2.70 bits per heavy atom. The number of amides is 1. The van der Waals surface area contributed by atoms with E-state index < -0.39 is 0 Å². The second-order valence-electron chi connectivity index (χ2n) is 5.27. The minimum atomic E-state index is -0.326. The number of ether oxygens (including phenoxy) is 1. The molecule has 4 heteroatoms. The molecule has 0 fully saturated rings. The van der Waals surface area contributed by atoms with Crippen molar-refractivity contribution in [3.05, 3.63) is 72.0 Å². The molecule has 0 unspecified atom stereocenters. The molecule has 1 N–H and O–H groups in total. The first-order chi connectivity index (χ1) is 11.1. The highest BCUT2D eigenvalue weighted by molar-refractivity contribution is 5.93. The van der Waals surface area contributed by atoms with E-state index in [1.54, 1.807) is 13.0 Å².